The molecule has 0 rings (SSSR count). The molecule has 0 saturated carbocycles. The van der Waals surface area contributed by atoms with Crippen molar-refractivity contribution in [3.05, 3.63) is 0 Å². The second-order valence-electron chi connectivity index (χ2n) is 6.54. The largest absolute Gasteiger partial charge is 0.359 e. The van der Waals surface area contributed by atoms with Crippen LogP contribution in [-0.4, -0.2) is 66.2 Å². The van der Waals surface area contributed by atoms with Crippen LogP contribution in [0, 0.1) is 5.92 Å². The lowest BCUT2D eigenvalue weighted by atomic mass is 9.97. The summed E-state index contributed by atoms with van der Waals surface area (Å²) in [6.07, 6.45) is 1.63. The fourth-order valence-corrected chi connectivity index (χ4v) is 2.98. The van der Waals surface area contributed by atoms with E-state index in [1.807, 2.05) is 13.8 Å². The van der Waals surface area contributed by atoms with E-state index in [0.717, 1.165) is 6.26 Å². The number of sulfone groups is 1. The van der Waals surface area contributed by atoms with Crippen LogP contribution in [0.3, 0.4) is 0 Å². The Hall–Kier alpha value is -1.68. The maximum Gasteiger partial charge on any atom is 0.359 e. The van der Waals surface area contributed by atoms with Crippen LogP contribution in [0.2, 0.25) is 0 Å². The fraction of sp³-hybridized carbons (Fsp3) is 0.800. The topological polar surface area (TPSA) is 124 Å². The molecule has 1 atom stereocenters. The van der Waals surface area contributed by atoms with Gasteiger partial charge < -0.3 is 5.32 Å². The first-order valence-corrected chi connectivity index (χ1v) is 9.98. The van der Waals surface area contributed by atoms with Crippen molar-refractivity contribution < 1.29 is 28.0 Å². The highest BCUT2D eigenvalue weighted by molar-refractivity contribution is 7.92. The van der Waals surface area contributed by atoms with Gasteiger partial charge in [-0.15, -0.1) is 5.06 Å². The van der Waals surface area contributed by atoms with Crippen molar-refractivity contribution in [2.24, 2.45) is 5.92 Å². The first kappa shape index (κ1) is 23.3. The van der Waals surface area contributed by atoms with Crippen LogP contribution < -0.4 is 5.32 Å². The Morgan fingerprint density at radius 1 is 1.24 bits per heavy atom. The number of nitrogens with zero attached hydrogens (tertiary/aromatic N) is 2. The van der Waals surface area contributed by atoms with Crippen molar-refractivity contribution >= 4 is 27.8 Å². The molecular weight excluding hydrogens is 350 g/mol. The predicted octanol–water partition coefficient (Wildman–Crippen LogP) is 1.62. The molecule has 0 heterocycles. The highest BCUT2D eigenvalue weighted by atomic mass is 32.2. The van der Waals surface area contributed by atoms with Gasteiger partial charge in [0.15, 0.2) is 14.6 Å². The summed E-state index contributed by atoms with van der Waals surface area (Å²) < 4.78 is 22.3. The van der Waals surface area contributed by atoms with E-state index in [4.69, 9.17) is 0 Å². The summed E-state index contributed by atoms with van der Waals surface area (Å²) in [5.41, 5.74) is 0. The van der Waals surface area contributed by atoms with Gasteiger partial charge in [-0.05, 0) is 32.1 Å². The third-order valence-corrected chi connectivity index (χ3v) is 6.00. The van der Waals surface area contributed by atoms with Gasteiger partial charge in [-0.3, -0.25) is 10.0 Å². The minimum Gasteiger partial charge on any atom is -0.341 e. The van der Waals surface area contributed by atoms with Gasteiger partial charge in [0.1, 0.15) is 0 Å². The van der Waals surface area contributed by atoms with Crippen LogP contribution in [0.15, 0.2) is 0 Å². The van der Waals surface area contributed by atoms with Gasteiger partial charge in [0, 0.05) is 19.8 Å². The Labute approximate surface area is 149 Å². The Morgan fingerprint density at radius 2 is 1.76 bits per heavy atom. The molecule has 0 fully saturated rings. The van der Waals surface area contributed by atoms with Crippen LogP contribution in [0.5, 0.6) is 0 Å². The molecule has 2 N–H and O–H groups in total. The zero-order chi connectivity index (χ0) is 20.0. The number of rotatable bonds is 7. The van der Waals surface area contributed by atoms with Crippen LogP contribution in [0.1, 0.15) is 47.0 Å². The van der Waals surface area contributed by atoms with Gasteiger partial charge in [0.2, 0.25) is 0 Å². The highest BCUT2D eigenvalue weighted by Crippen LogP contribution is 2.27. The third-order valence-electron chi connectivity index (χ3n) is 3.98. The van der Waals surface area contributed by atoms with Gasteiger partial charge in [0.25, 0.3) is 5.91 Å². The zero-order valence-corrected chi connectivity index (χ0v) is 16.5. The van der Waals surface area contributed by atoms with Gasteiger partial charge >= 0.3 is 12.1 Å². The summed E-state index contributed by atoms with van der Waals surface area (Å²) in [6.45, 7) is 6.57. The molecule has 0 aromatic heterocycles. The summed E-state index contributed by atoms with van der Waals surface area (Å²) in [6, 6.07) is -2.09. The van der Waals surface area contributed by atoms with Gasteiger partial charge in [0.05, 0.1) is 0 Å². The molecule has 0 spiro atoms. The van der Waals surface area contributed by atoms with Gasteiger partial charge in [-0.1, -0.05) is 20.8 Å². The number of carbonyl (C=O) groups is 3. The van der Waals surface area contributed by atoms with E-state index in [1.54, 1.807) is 6.92 Å². The summed E-state index contributed by atoms with van der Waals surface area (Å²) in [4.78, 5) is 37.3. The van der Waals surface area contributed by atoms with Gasteiger partial charge in [-0.25, -0.2) is 22.9 Å². The minimum absolute atomic E-state index is 0.0373. The molecule has 0 radical (unpaired) electrons. The SMILES string of the molecule is CCCN(C(=O)NC)C(=O)N(O)C(=O)C(C)(CCC(C)C)S(C)(=O)=O. The Kier molecular flexibility index (Phi) is 8.52. The molecule has 1 unspecified atom stereocenters. The normalized spacial score (nSPS) is 13.9. The maximum absolute atomic E-state index is 12.6. The van der Waals surface area contributed by atoms with Crippen molar-refractivity contribution in [3.8, 4) is 0 Å². The molecule has 10 heteroatoms. The molecule has 0 aromatic carbocycles. The van der Waals surface area contributed by atoms with Crippen molar-refractivity contribution in [1.82, 2.24) is 15.3 Å². The van der Waals surface area contributed by atoms with E-state index in [2.05, 4.69) is 5.32 Å². The second kappa shape index (κ2) is 9.14. The second-order valence-corrected chi connectivity index (χ2v) is 8.99. The number of nitrogens with one attached hydrogen (secondary N) is 1. The summed E-state index contributed by atoms with van der Waals surface area (Å²) in [5, 5.41) is 12.0. The number of imide groups is 2. The van der Waals surface area contributed by atoms with Gasteiger partial charge in [-0.2, -0.15) is 0 Å². The third kappa shape index (κ3) is 5.67. The lowest BCUT2D eigenvalue weighted by Crippen LogP contribution is -2.57. The van der Waals surface area contributed by atoms with E-state index in [-0.39, 0.29) is 23.9 Å². The van der Waals surface area contributed by atoms with E-state index >= 15 is 0 Å². The number of carbonyl (C=O) groups excluding carboxylic acids is 3. The number of hydroxylamine groups is 2. The average molecular weight is 379 g/mol. The molecule has 0 aliphatic heterocycles. The average Bonchev–Trinajstić information content (AvgIpc) is 2.53. The lowest BCUT2D eigenvalue weighted by molar-refractivity contribution is -0.157. The Balaban J connectivity index is 5.69. The van der Waals surface area contributed by atoms with E-state index in [1.165, 1.54) is 14.0 Å². The van der Waals surface area contributed by atoms with Crippen molar-refractivity contribution in [2.45, 2.75) is 51.7 Å². The number of hydrogen-bond donors (Lipinski definition) is 2. The zero-order valence-electron chi connectivity index (χ0n) is 15.7. The van der Waals surface area contributed by atoms with E-state index in [0.29, 0.717) is 17.7 Å². The Morgan fingerprint density at radius 3 is 2.12 bits per heavy atom. The minimum atomic E-state index is -3.92. The van der Waals surface area contributed by atoms with Crippen molar-refractivity contribution in [1.29, 1.82) is 0 Å². The molecule has 0 aliphatic rings. The predicted molar refractivity (Wildman–Crippen MR) is 92.8 cm³/mol. The number of hydrogen-bond acceptors (Lipinski definition) is 6. The van der Waals surface area contributed by atoms with Crippen LogP contribution in [0.25, 0.3) is 0 Å². The number of amides is 5. The van der Waals surface area contributed by atoms with Crippen LogP contribution in [-0.2, 0) is 14.6 Å². The standard InChI is InChI=1S/C15H29N3O6S/c1-7-10-17(13(20)16-5)14(21)18(22)12(19)15(4,25(6,23)24)9-8-11(2)3/h11,22H,7-10H2,1-6H3,(H,16,20). The molecular formula is C15H29N3O6S. The van der Waals surface area contributed by atoms with Crippen molar-refractivity contribution in [2.75, 3.05) is 19.8 Å². The smallest absolute Gasteiger partial charge is 0.341 e. The summed E-state index contributed by atoms with van der Waals surface area (Å²) >= 11 is 0. The first-order chi connectivity index (χ1) is 11.3. The molecule has 9 nitrogen and oxygen atoms in total. The van der Waals surface area contributed by atoms with Crippen LogP contribution >= 0.6 is 0 Å². The molecule has 25 heavy (non-hydrogen) atoms. The molecule has 5 amide bonds. The van der Waals surface area contributed by atoms with Crippen LogP contribution in [0.4, 0.5) is 9.59 Å². The highest BCUT2D eigenvalue weighted by Gasteiger charge is 2.48. The van der Waals surface area contributed by atoms with Crippen molar-refractivity contribution in [3.63, 3.8) is 0 Å². The molecule has 0 aliphatic carbocycles. The molecule has 146 valence electrons. The first-order valence-electron chi connectivity index (χ1n) is 8.09. The number of urea groups is 2. The maximum atomic E-state index is 12.6. The van der Waals surface area contributed by atoms with E-state index < -0.39 is 32.6 Å². The molecule has 0 bridgehead atoms. The lowest BCUT2D eigenvalue weighted by Gasteiger charge is -2.31. The molecule has 0 aromatic rings. The molecule has 0 saturated heterocycles. The monoisotopic (exact) mass is 379 g/mol. The quantitative estimate of drug-likeness (QED) is 0.511. The summed E-state index contributed by atoms with van der Waals surface area (Å²) in [5.74, 6) is -1.15. The fourth-order valence-electron chi connectivity index (χ4n) is 2.08. The Bertz CT molecular complexity index is 604. The summed E-state index contributed by atoms with van der Waals surface area (Å²) in [7, 11) is -2.63. The van der Waals surface area contributed by atoms with E-state index in [9.17, 15) is 28.0 Å².